The summed E-state index contributed by atoms with van der Waals surface area (Å²) in [5.74, 6) is -0.933. The molecule has 2 amide bonds. The summed E-state index contributed by atoms with van der Waals surface area (Å²) in [5, 5.41) is 12.0. The van der Waals surface area contributed by atoms with Crippen LogP contribution in [0.5, 0.6) is 0 Å². The van der Waals surface area contributed by atoms with Gasteiger partial charge in [0.25, 0.3) is 0 Å². The first-order valence-electron chi connectivity index (χ1n) is 7.99. The quantitative estimate of drug-likeness (QED) is 0.825. The number of carbonyl (C=O) groups excluding carboxylic acids is 1. The SMILES string of the molecule is CC(C)N1CCN(C(=O)NC2CCC(C(=O)O)CC2)CC1. The van der Waals surface area contributed by atoms with Gasteiger partial charge in [-0.3, -0.25) is 9.69 Å². The van der Waals surface area contributed by atoms with Crippen molar-refractivity contribution in [1.29, 1.82) is 0 Å². The standard InChI is InChI=1S/C15H27N3O3/c1-11(2)17-7-9-18(10-8-17)15(21)16-13-5-3-12(4-6-13)14(19)20/h11-13H,3-10H2,1-2H3,(H,16,21)(H,19,20). The lowest BCUT2D eigenvalue weighted by Gasteiger charge is -2.38. The van der Waals surface area contributed by atoms with Crippen molar-refractivity contribution in [3.05, 3.63) is 0 Å². The van der Waals surface area contributed by atoms with Crippen molar-refractivity contribution >= 4 is 12.0 Å². The number of nitrogens with one attached hydrogen (secondary N) is 1. The first-order chi connectivity index (χ1) is 9.97. The van der Waals surface area contributed by atoms with Crippen LogP contribution in [0, 0.1) is 5.92 Å². The Morgan fingerprint density at radius 1 is 1.05 bits per heavy atom. The van der Waals surface area contributed by atoms with Crippen LogP contribution in [-0.4, -0.2) is 65.2 Å². The topological polar surface area (TPSA) is 72.9 Å². The van der Waals surface area contributed by atoms with Gasteiger partial charge in [0, 0.05) is 38.3 Å². The Hall–Kier alpha value is -1.30. The molecule has 0 radical (unpaired) electrons. The number of nitrogens with zero attached hydrogens (tertiary/aromatic N) is 2. The van der Waals surface area contributed by atoms with Gasteiger partial charge in [0.2, 0.25) is 0 Å². The number of hydrogen-bond donors (Lipinski definition) is 2. The highest BCUT2D eigenvalue weighted by Gasteiger charge is 2.28. The third kappa shape index (κ3) is 4.33. The maximum Gasteiger partial charge on any atom is 0.317 e. The molecule has 1 saturated carbocycles. The molecule has 2 rings (SSSR count). The fourth-order valence-corrected chi connectivity index (χ4v) is 3.19. The van der Waals surface area contributed by atoms with Crippen LogP contribution in [-0.2, 0) is 4.79 Å². The van der Waals surface area contributed by atoms with E-state index in [1.165, 1.54) is 0 Å². The summed E-state index contributed by atoms with van der Waals surface area (Å²) in [7, 11) is 0. The number of amides is 2. The maximum absolute atomic E-state index is 12.2. The molecule has 2 fully saturated rings. The van der Waals surface area contributed by atoms with Gasteiger partial charge in [-0.1, -0.05) is 0 Å². The van der Waals surface area contributed by atoms with Crippen molar-refractivity contribution in [3.63, 3.8) is 0 Å². The van der Waals surface area contributed by atoms with E-state index >= 15 is 0 Å². The summed E-state index contributed by atoms with van der Waals surface area (Å²) >= 11 is 0. The second kappa shape index (κ2) is 7.11. The molecule has 21 heavy (non-hydrogen) atoms. The second-order valence-electron chi connectivity index (χ2n) is 6.45. The largest absolute Gasteiger partial charge is 0.481 e. The minimum absolute atomic E-state index is 0.0113. The van der Waals surface area contributed by atoms with Crippen LogP contribution < -0.4 is 5.32 Å². The Morgan fingerprint density at radius 2 is 1.62 bits per heavy atom. The van der Waals surface area contributed by atoms with E-state index in [1.54, 1.807) is 0 Å². The molecule has 0 aromatic carbocycles. The molecule has 120 valence electrons. The highest BCUT2D eigenvalue weighted by Crippen LogP contribution is 2.24. The van der Waals surface area contributed by atoms with E-state index < -0.39 is 5.97 Å². The molecule has 0 atom stereocenters. The number of urea groups is 1. The molecule has 1 saturated heterocycles. The highest BCUT2D eigenvalue weighted by atomic mass is 16.4. The number of piperazine rings is 1. The van der Waals surface area contributed by atoms with Crippen molar-refractivity contribution in [2.75, 3.05) is 26.2 Å². The van der Waals surface area contributed by atoms with E-state index in [0.29, 0.717) is 18.9 Å². The van der Waals surface area contributed by atoms with Crippen LogP contribution in [0.3, 0.4) is 0 Å². The van der Waals surface area contributed by atoms with Crippen molar-refractivity contribution in [2.45, 2.75) is 51.6 Å². The molecular formula is C15H27N3O3. The summed E-state index contributed by atoms with van der Waals surface area (Å²) in [6.07, 6.45) is 2.88. The van der Waals surface area contributed by atoms with Crippen molar-refractivity contribution in [3.8, 4) is 0 Å². The number of rotatable bonds is 3. The fraction of sp³-hybridized carbons (Fsp3) is 0.867. The number of carboxylic acid groups (broad SMARTS) is 1. The van der Waals surface area contributed by atoms with Gasteiger partial charge in [0.1, 0.15) is 0 Å². The molecule has 2 aliphatic rings. The van der Waals surface area contributed by atoms with Crippen molar-refractivity contribution in [1.82, 2.24) is 15.1 Å². The molecule has 0 bridgehead atoms. The molecule has 0 aromatic rings. The van der Waals surface area contributed by atoms with Crippen LogP contribution in [0.25, 0.3) is 0 Å². The van der Waals surface area contributed by atoms with Crippen LogP contribution in [0.1, 0.15) is 39.5 Å². The van der Waals surface area contributed by atoms with Crippen LogP contribution in [0.15, 0.2) is 0 Å². The highest BCUT2D eigenvalue weighted by molar-refractivity contribution is 5.75. The third-order valence-corrected chi connectivity index (χ3v) is 4.74. The molecule has 1 aliphatic heterocycles. The Morgan fingerprint density at radius 3 is 2.10 bits per heavy atom. The Labute approximate surface area is 126 Å². The number of carbonyl (C=O) groups is 2. The van der Waals surface area contributed by atoms with Crippen LogP contribution in [0.2, 0.25) is 0 Å². The summed E-state index contributed by atoms with van der Waals surface area (Å²) in [4.78, 5) is 27.4. The van der Waals surface area contributed by atoms with E-state index in [9.17, 15) is 9.59 Å². The molecule has 0 aromatic heterocycles. The van der Waals surface area contributed by atoms with Crippen molar-refractivity contribution < 1.29 is 14.7 Å². The summed E-state index contributed by atoms with van der Waals surface area (Å²) < 4.78 is 0. The first kappa shape index (κ1) is 16.1. The molecule has 6 heteroatoms. The van der Waals surface area contributed by atoms with E-state index in [0.717, 1.165) is 39.0 Å². The average Bonchev–Trinajstić information content (AvgIpc) is 2.47. The minimum atomic E-state index is -0.704. The number of aliphatic carboxylic acids is 1. The van der Waals surface area contributed by atoms with Crippen LogP contribution in [0.4, 0.5) is 4.79 Å². The molecule has 6 nitrogen and oxygen atoms in total. The van der Waals surface area contributed by atoms with E-state index in [4.69, 9.17) is 5.11 Å². The van der Waals surface area contributed by atoms with Gasteiger partial charge in [-0.2, -0.15) is 0 Å². The summed E-state index contributed by atoms with van der Waals surface area (Å²) in [6, 6.07) is 0.676. The van der Waals surface area contributed by atoms with E-state index in [-0.39, 0.29) is 18.0 Å². The lowest BCUT2D eigenvalue weighted by Crippen LogP contribution is -2.55. The van der Waals surface area contributed by atoms with Gasteiger partial charge >= 0.3 is 12.0 Å². The summed E-state index contributed by atoms with van der Waals surface area (Å²) in [5.41, 5.74) is 0. The predicted molar refractivity (Wildman–Crippen MR) is 80.2 cm³/mol. The zero-order valence-electron chi connectivity index (χ0n) is 13.0. The Kier molecular flexibility index (Phi) is 5.45. The molecule has 0 unspecified atom stereocenters. The van der Waals surface area contributed by atoms with Crippen molar-refractivity contribution in [2.24, 2.45) is 5.92 Å². The zero-order chi connectivity index (χ0) is 15.4. The zero-order valence-corrected chi connectivity index (χ0v) is 13.0. The first-order valence-corrected chi connectivity index (χ1v) is 7.99. The van der Waals surface area contributed by atoms with E-state index in [2.05, 4.69) is 24.1 Å². The monoisotopic (exact) mass is 297 g/mol. The third-order valence-electron chi connectivity index (χ3n) is 4.74. The fourth-order valence-electron chi connectivity index (χ4n) is 3.19. The van der Waals surface area contributed by atoms with Crippen LogP contribution >= 0.6 is 0 Å². The molecular weight excluding hydrogens is 270 g/mol. The van der Waals surface area contributed by atoms with Gasteiger partial charge in [0.05, 0.1) is 5.92 Å². The molecule has 1 aliphatic carbocycles. The van der Waals surface area contributed by atoms with Gasteiger partial charge in [-0.25, -0.2) is 4.79 Å². The molecule has 0 spiro atoms. The Bertz CT molecular complexity index is 370. The smallest absolute Gasteiger partial charge is 0.317 e. The lowest BCUT2D eigenvalue weighted by molar-refractivity contribution is -0.142. The number of hydrogen-bond acceptors (Lipinski definition) is 3. The summed E-state index contributed by atoms with van der Waals surface area (Å²) in [6.45, 7) is 7.75. The minimum Gasteiger partial charge on any atom is -0.481 e. The lowest BCUT2D eigenvalue weighted by atomic mass is 9.86. The van der Waals surface area contributed by atoms with Gasteiger partial charge in [-0.05, 0) is 39.5 Å². The van der Waals surface area contributed by atoms with Gasteiger partial charge in [-0.15, -0.1) is 0 Å². The maximum atomic E-state index is 12.2. The predicted octanol–water partition coefficient (Wildman–Crippen LogP) is 1.37. The molecule has 2 N–H and O–H groups in total. The van der Waals surface area contributed by atoms with E-state index in [1.807, 2.05) is 4.90 Å². The molecule has 1 heterocycles. The van der Waals surface area contributed by atoms with Gasteiger partial charge < -0.3 is 15.3 Å². The normalized spacial score (nSPS) is 27.7. The Balaban J connectivity index is 1.72. The second-order valence-corrected chi connectivity index (χ2v) is 6.45. The van der Waals surface area contributed by atoms with Gasteiger partial charge in [0.15, 0.2) is 0 Å². The average molecular weight is 297 g/mol. The number of carboxylic acids is 1.